The van der Waals surface area contributed by atoms with Crippen LogP contribution in [0.3, 0.4) is 0 Å². The molecule has 7 nitrogen and oxygen atoms in total. The zero-order valence-electron chi connectivity index (χ0n) is 21.1. The average Bonchev–Trinajstić information content (AvgIpc) is 3.43. The Bertz CT molecular complexity index is 1440. The minimum atomic E-state index is -0.377. The van der Waals surface area contributed by atoms with E-state index in [1.807, 2.05) is 43.3 Å². The van der Waals surface area contributed by atoms with Gasteiger partial charge in [0.1, 0.15) is 11.5 Å². The fourth-order valence-corrected chi connectivity index (χ4v) is 4.90. The van der Waals surface area contributed by atoms with Crippen LogP contribution in [-0.4, -0.2) is 44.1 Å². The number of rotatable bonds is 7. The fraction of sp³-hybridized carbons (Fsp3) is 0.233. The van der Waals surface area contributed by atoms with Crippen molar-refractivity contribution >= 4 is 23.2 Å². The molecule has 1 aromatic heterocycles. The molecule has 4 aromatic rings. The molecule has 0 radical (unpaired) electrons. The highest BCUT2D eigenvalue weighted by Crippen LogP contribution is 2.30. The normalized spacial score (nSPS) is 13.5. The van der Waals surface area contributed by atoms with Gasteiger partial charge in [-0.3, -0.25) is 9.69 Å². The van der Waals surface area contributed by atoms with E-state index in [-0.39, 0.29) is 28.3 Å². The Morgan fingerprint density at radius 1 is 0.974 bits per heavy atom. The summed E-state index contributed by atoms with van der Waals surface area (Å²) in [7, 11) is 0. The van der Waals surface area contributed by atoms with Gasteiger partial charge in [0.05, 0.1) is 17.8 Å². The third kappa shape index (κ3) is 5.79. The molecule has 5 rings (SSSR count). The van der Waals surface area contributed by atoms with Crippen molar-refractivity contribution in [2.24, 2.45) is 0 Å². The van der Waals surface area contributed by atoms with Crippen molar-refractivity contribution in [3.8, 4) is 22.8 Å². The summed E-state index contributed by atoms with van der Waals surface area (Å²) in [5, 5.41) is 20.3. The highest BCUT2D eigenvalue weighted by Gasteiger charge is 2.22. The molecule has 8 heteroatoms. The van der Waals surface area contributed by atoms with Gasteiger partial charge >= 0.3 is 0 Å². The molecule has 38 heavy (non-hydrogen) atoms. The maximum absolute atomic E-state index is 13.7. The molecule has 1 amide bonds. The molecule has 1 aliphatic heterocycles. The number of anilines is 1. The first kappa shape index (κ1) is 25.7. The van der Waals surface area contributed by atoms with Crippen LogP contribution in [0, 0.1) is 6.92 Å². The van der Waals surface area contributed by atoms with Gasteiger partial charge in [-0.05, 0) is 85.4 Å². The van der Waals surface area contributed by atoms with Crippen LogP contribution in [-0.2, 0) is 13.1 Å². The minimum Gasteiger partial charge on any atom is -0.508 e. The van der Waals surface area contributed by atoms with E-state index in [9.17, 15) is 15.0 Å². The van der Waals surface area contributed by atoms with Gasteiger partial charge in [0.25, 0.3) is 5.91 Å². The van der Waals surface area contributed by atoms with Crippen molar-refractivity contribution in [2.45, 2.75) is 32.9 Å². The Hall–Kier alpha value is -3.94. The lowest BCUT2D eigenvalue weighted by molar-refractivity contribution is 0.0982. The zero-order chi connectivity index (χ0) is 26.6. The molecule has 0 bridgehead atoms. The number of amides is 1. The van der Waals surface area contributed by atoms with Gasteiger partial charge in [0, 0.05) is 30.1 Å². The lowest BCUT2D eigenvalue weighted by atomic mass is 10.1. The van der Waals surface area contributed by atoms with Crippen molar-refractivity contribution in [3.05, 3.63) is 100 Å². The first-order chi connectivity index (χ1) is 18.4. The zero-order valence-corrected chi connectivity index (χ0v) is 21.9. The molecule has 0 atom stereocenters. The largest absolute Gasteiger partial charge is 0.508 e. The highest BCUT2D eigenvalue weighted by atomic mass is 35.5. The van der Waals surface area contributed by atoms with E-state index in [0.717, 1.165) is 42.0 Å². The van der Waals surface area contributed by atoms with Crippen LogP contribution in [0.2, 0.25) is 5.28 Å². The molecule has 194 valence electrons. The second-order valence-corrected chi connectivity index (χ2v) is 9.95. The number of hydrogen-bond acceptors (Lipinski definition) is 6. The number of likely N-dealkylation sites (tertiary alicyclic amines) is 1. The van der Waals surface area contributed by atoms with E-state index in [4.69, 9.17) is 11.6 Å². The Morgan fingerprint density at radius 2 is 1.66 bits per heavy atom. The maximum atomic E-state index is 13.7. The summed E-state index contributed by atoms with van der Waals surface area (Å²) in [6, 6.07) is 19.8. The lowest BCUT2D eigenvalue weighted by Gasteiger charge is -2.24. The highest BCUT2D eigenvalue weighted by molar-refractivity contribution is 6.28. The molecule has 0 unspecified atom stereocenters. The summed E-state index contributed by atoms with van der Waals surface area (Å²) in [5.74, 6) is -0.760. The fourth-order valence-electron chi connectivity index (χ4n) is 4.77. The number of halogens is 1. The number of carbonyl (C=O) groups excluding carboxylic acids is 1. The Balaban J connectivity index is 1.44. The number of phenols is 2. The molecule has 0 saturated carbocycles. The number of aromatic nitrogens is 2. The van der Waals surface area contributed by atoms with Crippen LogP contribution >= 0.6 is 11.6 Å². The third-order valence-corrected chi connectivity index (χ3v) is 7.00. The summed E-state index contributed by atoms with van der Waals surface area (Å²) in [6.07, 6.45) is 4.18. The van der Waals surface area contributed by atoms with Crippen LogP contribution in [0.1, 0.15) is 39.9 Å². The molecule has 3 aromatic carbocycles. The molecular weight excluding hydrogens is 500 g/mol. The summed E-state index contributed by atoms with van der Waals surface area (Å²) >= 11 is 6.01. The van der Waals surface area contributed by atoms with Gasteiger partial charge in [-0.2, -0.15) is 0 Å². The monoisotopic (exact) mass is 528 g/mol. The average molecular weight is 529 g/mol. The van der Waals surface area contributed by atoms with E-state index >= 15 is 0 Å². The summed E-state index contributed by atoms with van der Waals surface area (Å²) in [4.78, 5) is 26.1. The van der Waals surface area contributed by atoms with E-state index in [1.54, 1.807) is 11.1 Å². The number of carbonyl (C=O) groups is 1. The molecule has 1 saturated heterocycles. The second-order valence-electron chi connectivity index (χ2n) is 9.61. The Kier molecular flexibility index (Phi) is 7.58. The maximum Gasteiger partial charge on any atom is 0.262 e. The van der Waals surface area contributed by atoms with Gasteiger partial charge < -0.3 is 15.1 Å². The van der Waals surface area contributed by atoms with Crippen molar-refractivity contribution in [1.82, 2.24) is 14.9 Å². The molecule has 0 aliphatic carbocycles. The van der Waals surface area contributed by atoms with Crippen LogP contribution in [0.15, 0.2) is 72.9 Å². The number of aromatic hydroxyl groups is 2. The topological polar surface area (TPSA) is 89.8 Å². The first-order valence-electron chi connectivity index (χ1n) is 12.6. The lowest BCUT2D eigenvalue weighted by Crippen LogP contribution is -2.30. The second kappa shape index (κ2) is 11.2. The van der Waals surface area contributed by atoms with Gasteiger partial charge in [-0.15, -0.1) is 0 Å². The smallest absolute Gasteiger partial charge is 0.262 e. The predicted octanol–water partition coefficient (Wildman–Crippen LogP) is 5.96. The van der Waals surface area contributed by atoms with Gasteiger partial charge in [0.15, 0.2) is 0 Å². The summed E-state index contributed by atoms with van der Waals surface area (Å²) in [5.41, 5.74) is 5.43. The molecule has 0 spiro atoms. The predicted molar refractivity (Wildman–Crippen MR) is 148 cm³/mol. The molecule has 2 N–H and O–H groups in total. The molecule has 1 fully saturated rings. The van der Waals surface area contributed by atoms with Gasteiger partial charge in [0.2, 0.25) is 5.28 Å². The van der Waals surface area contributed by atoms with Crippen molar-refractivity contribution < 1.29 is 15.0 Å². The Labute approximate surface area is 227 Å². The minimum absolute atomic E-state index is 0.107. The molecular formula is C30H29ClN4O3. The molecule has 2 heterocycles. The number of nitrogens with zero attached hydrogens (tertiary/aromatic N) is 4. The van der Waals surface area contributed by atoms with Crippen molar-refractivity contribution in [1.29, 1.82) is 0 Å². The van der Waals surface area contributed by atoms with Gasteiger partial charge in [-0.25, -0.2) is 9.97 Å². The SMILES string of the molecule is Cc1cnc(Cl)nc1-c1ccc(N(Cc2ccc(CN3CCCC3)cc2)C(=O)c2ccc(O)cc2O)cc1. The van der Waals surface area contributed by atoms with E-state index in [1.165, 1.54) is 36.6 Å². The quantitative estimate of drug-likeness (QED) is 0.288. The number of aryl methyl sites for hydroxylation is 1. The number of phenolic OH excluding ortho intramolecular Hbond substituents is 2. The van der Waals surface area contributed by atoms with Gasteiger partial charge in [-0.1, -0.05) is 36.4 Å². The number of hydrogen-bond donors (Lipinski definition) is 2. The van der Waals surface area contributed by atoms with Crippen LogP contribution in [0.5, 0.6) is 11.5 Å². The molecule has 1 aliphatic rings. The van der Waals surface area contributed by atoms with Crippen molar-refractivity contribution in [2.75, 3.05) is 18.0 Å². The summed E-state index contributed by atoms with van der Waals surface area (Å²) in [6.45, 7) is 5.42. The first-order valence-corrected chi connectivity index (χ1v) is 13.0. The van der Waals surface area contributed by atoms with Crippen molar-refractivity contribution in [3.63, 3.8) is 0 Å². The number of benzene rings is 3. The summed E-state index contributed by atoms with van der Waals surface area (Å²) < 4.78 is 0. The third-order valence-electron chi connectivity index (χ3n) is 6.82. The Morgan fingerprint density at radius 3 is 2.34 bits per heavy atom. The van der Waals surface area contributed by atoms with Crippen LogP contribution in [0.4, 0.5) is 5.69 Å². The van der Waals surface area contributed by atoms with E-state index in [2.05, 4.69) is 27.0 Å². The van der Waals surface area contributed by atoms with Crippen LogP contribution < -0.4 is 4.90 Å². The van der Waals surface area contributed by atoms with E-state index < -0.39 is 0 Å². The van der Waals surface area contributed by atoms with Crippen LogP contribution in [0.25, 0.3) is 11.3 Å². The standard InChI is InChI=1S/C30H29ClN4O3/c1-20-17-32-30(31)33-28(20)23-8-10-24(11-9-23)35(29(38)26-13-12-25(36)16-27(26)37)19-22-6-4-21(5-7-22)18-34-14-2-3-15-34/h4-13,16-17,36-37H,2-3,14-15,18-19H2,1H3. The van der Waals surface area contributed by atoms with E-state index in [0.29, 0.717) is 12.2 Å².